The van der Waals surface area contributed by atoms with Crippen LogP contribution in [0.4, 0.5) is 0 Å². The Morgan fingerprint density at radius 2 is 2.22 bits per heavy atom. The Bertz CT molecular complexity index is 514. The standard InChI is InChI=1S/C12H13N3O2.ClH/c13-10(12(16)17)7-8-2-1-3-9(6-8)11-4-5-14-15-11;/h1-6,10H,7,13H2,(H,14,15)(H,16,17);1H. The zero-order chi connectivity index (χ0) is 12.3. The molecule has 1 heterocycles. The van der Waals surface area contributed by atoms with Gasteiger partial charge < -0.3 is 10.8 Å². The van der Waals surface area contributed by atoms with Crippen molar-refractivity contribution >= 4 is 18.4 Å². The van der Waals surface area contributed by atoms with Gasteiger partial charge in [0.05, 0.1) is 5.69 Å². The van der Waals surface area contributed by atoms with Gasteiger partial charge in [-0.3, -0.25) is 9.89 Å². The molecule has 0 spiro atoms. The molecule has 1 unspecified atom stereocenters. The summed E-state index contributed by atoms with van der Waals surface area (Å²) in [6, 6.07) is 8.54. The van der Waals surface area contributed by atoms with Crippen molar-refractivity contribution in [2.45, 2.75) is 12.5 Å². The predicted molar refractivity (Wildman–Crippen MR) is 70.6 cm³/mol. The monoisotopic (exact) mass is 267 g/mol. The third-order valence-corrected chi connectivity index (χ3v) is 2.50. The minimum absolute atomic E-state index is 0. The quantitative estimate of drug-likeness (QED) is 0.782. The van der Waals surface area contributed by atoms with Crippen molar-refractivity contribution in [1.82, 2.24) is 10.2 Å². The number of carboxylic acids is 1. The van der Waals surface area contributed by atoms with Crippen LogP contribution in [-0.4, -0.2) is 27.3 Å². The van der Waals surface area contributed by atoms with Crippen molar-refractivity contribution < 1.29 is 9.90 Å². The van der Waals surface area contributed by atoms with Gasteiger partial charge in [0.2, 0.25) is 0 Å². The lowest BCUT2D eigenvalue weighted by atomic mass is 10.0. The zero-order valence-electron chi connectivity index (χ0n) is 9.54. The van der Waals surface area contributed by atoms with E-state index in [2.05, 4.69) is 10.2 Å². The van der Waals surface area contributed by atoms with Crippen molar-refractivity contribution in [2.24, 2.45) is 5.73 Å². The minimum atomic E-state index is -0.991. The molecule has 0 bridgehead atoms. The van der Waals surface area contributed by atoms with Crippen LogP contribution in [0.3, 0.4) is 0 Å². The summed E-state index contributed by atoms with van der Waals surface area (Å²) in [7, 11) is 0. The van der Waals surface area contributed by atoms with E-state index in [4.69, 9.17) is 10.8 Å². The molecular formula is C12H14ClN3O2. The number of benzene rings is 1. The molecule has 0 aliphatic heterocycles. The maximum Gasteiger partial charge on any atom is 0.320 e. The Balaban J connectivity index is 0.00000162. The second kappa shape index (κ2) is 6.18. The Labute approximate surface area is 110 Å². The van der Waals surface area contributed by atoms with Gasteiger partial charge in [-0.1, -0.05) is 18.2 Å². The lowest BCUT2D eigenvalue weighted by Crippen LogP contribution is -2.32. The largest absolute Gasteiger partial charge is 0.480 e. The van der Waals surface area contributed by atoms with Gasteiger partial charge in [0.1, 0.15) is 6.04 Å². The number of nitrogens with one attached hydrogen (secondary N) is 1. The molecule has 0 radical (unpaired) electrons. The van der Waals surface area contributed by atoms with Gasteiger partial charge in [0, 0.05) is 11.8 Å². The van der Waals surface area contributed by atoms with E-state index >= 15 is 0 Å². The second-order valence-corrected chi connectivity index (χ2v) is 3.81. The number of carboxylic acid groups (broad SMARTS) is 1. The SMILES string of the molecule is Cl.NC(Cc1cccc(-c2cc[nH]n2)c1)C(=O)O. The molecule has 0 fully saturated rings. The Morgan fingerprint density at radius 1 is 1.44 bits per heavy atom. The van der Waals surface area contributed by atoms with Gasteiger partial charge in [-0.2, -0.15) is 5.10 Å². The first-order valence-corrected chi connectivity index (χ1v) is 5.24. The van der Waals surface area contributed by atoms with E-state index in [1.807, 2.05) is 30.3 Å². The van der Waals surface area contributed by atoms with Crippen LogP contribution in [0, 0.1) is 0 Å². The van der Waals surface area contributed by atoms with Crippen LogP contribution < -0.4 is 5.73 Å². The highest BCUT2D eigenvalue weighted by molar-refractivity contribution is 5.85. The minimum Gasteiger partial charge on any atom is -0.480 e. The van der Waals surface area contributed by atoms with E-state index in [0.29, 0.717) is 6.42 Å². The van der Waals surface area contributed by atoms with Crippen LogP contribution in [-0.2, 0) is 11.2 Å². The molecule has 1 atom stereocenters. The van der Waals surface area contributed by atoms with Crippen LogP contribution >= 0.6 is 12.4 Å². The van der Waals surface area contributed by atoms with Crippen LogP contribution in [0.2, 0.25) is 0 Å². The molecule has 1 aromatic heterocycles. The highest BCUT2D eigenvalue weighted by Gasteiger charge is 2.12. The molecule has 0 aliphatic rings. The average Bonchev–Trinajstić information content (AvgIpc) is 2.82. The zero-order valence-corrected chi connectivity index (χ0v) is 10.4. The summed E-state index contributed by atoms with van der Waals surface area (Å²) < 4.78 is 0. The fourth-order valence-corrected chi connectivity index (χ4v) is 1.62. The first-order valence-electron chi connectivity index (χ1n) is 5.24. The van der Waals surface area contributed by atoms with E-state index in [-0.39, 0.29) is 12.4 Å². The van der Waals surface area contributed by atoms with E-state index < -0.39 is 12.0 Å². The number of carbonyl (C=O) groups is 1. The van der Waals surface area contributed by atoms with Gasteiger partial charge in [-0.15, -0.1) is 12.4 Å². The van der Waals surface area contributed by atoms with Crippen molar-refractivity contribution in [3.05, 3.63) is 42.1 Å². The molecular weight excluding hydrogens is 254 g/mol. The van der Waals surface area contributed by atoms with Crippen molar-refractivity contribution in [2.75, 3.05) is 0 Å². The average molecular weight is 268 g/mol. The van der Waals surface area contributed by atoms with E-state index in [1.165, 1.54) is 0 Å². The van der Waals surface area contributed by atoms with Gasteiger partial charge in [-0.25, -0.2) is 0 Å². The summed E-state index contributed by atoms with van der Waals surface area (Å²) in [6.07, 6.45) is 2.05. The topological polar surface area (TPSA) is 92.0 Å². The fourth-order valence-electron chi connectivity index (χ4n) is 1.62. The summed E-state index contributed by atoms with van der Waals surface area (Å²) >= 11 is 0. The second-order valence-electron chi connectivity index (χ2n) is 3.81. The molecule has 5 nitrogen and oxygen atoms in total. The van der Waals surface area contributed by atoms with Gasteiger partial charge in [-0.05, 0) is 24.1 Å². The molecule has 2 rings (SSSR count). The Kier molecular flexibility index (Phi) is 4.88. The van der Waals surface area contributed by atoms with Gasteiger partial charge >= 0.3 is 5.97 Å². The summed E-state index contributed by atoms with van der Waals surface area (Å²) in [5, 5.41) is 15.6. The van der Waals surface area contributed by atoms with Crippen LogP contribution in [0.5, 0.6) is 0 Å². The number of nitrogens with two attached hydrogens (primary N) is 1. The van der Waals surface area contributed by atoms with Crippen LogP contribution in [0.1, 0.15) is 5.56 Å². The third-order valence-electron chi connectivity index (χ3n) is 2.50. The van der Waals surface area contributed by atoms with Crippen molar-refractivity contribution in [1.29, 1.82) is 0 Å². The summed E-state index contributed by atoms with van der Waals surface area (Å²) in [5.74, 6) is -0.991. The summed E-state index contributed by atoms with van der Waals surface area (Å²) in [4.78, 5) is 10.7. The third kappa shape index (κ3) is 3.32. The molecule has 0 aliphatic carbocycles. The highest BCUT2D eigenvalue weighted by atomic mass is 35.5. The maximum atomic E-state index is 10.7. The number of aromatic nitrogens is 2. The Morgan fingerprint density at radius 3 is 2.83 bits per heavy atom. The fraction of sp³-hybridized carbons (Fsp3) is 0.167. The molecule has 2 aromatic rings. The predicted octanol–water partition coefficient (Wildman–Crippen LogP) is 1.45. The molecule has 0 amide bonds. The lowest BCUT2D eigenvalue weighted by molar-refractivity contribution is -0.138. The Hall–Kier alpha value is -1.85. The van der Waals surface area contributed by atoms with E-state index in [1.54, 1.807) is 6.20 Å². The number of nitrogens with zero attached hydrogens (tertiary/aromatic N) is 1. The molecule has 4 N–H and O–H groups in total. The lowest BCUT2D eigenvalue weighted by Gasteiger charge is -2.07. The van der Waals surface area contributed by atoms with Gasteiger partial charge in [0.25, 0.3) is 0 Å². The van der Waals surface area contributed by atoms with Crippen LogP contribution in [0.15, 0.2) is 36.5 Å². The highest BCUT2D eigenvalue weighted by Crippen LogP contribution is 2.18. The summed E-state index contributed by atoms with van der Waals surface area (Å²) in [6.45, 7) is 0. The number of hydrogen-bond acceptors (Lipinski definition) is 3. The normalized spacial score (nSPS) is 11.6. The van der Waals surface area contributed by atoms with Crippen molar-refractivity contribution in [3.8, 4) is 11.3 Å². The smallest absolute Gasteiger partial charge is 0.320 e. The van der Waals surface area contributed by atoms with E-state index in [0.717, 1.165) is 16.8 Å². The van der Waals surface area contributed by atoms with Gasteiger partial charge in [0.15, 0.2) is 0 Å². The first kappa shape index (κ1) is 14.2. The number of rotatable bonds is 4. The molecule has 0 saturated heterocycles. The molecule has 1 aromatic carbocycles. The maximum absolute atomic E-state index is 10.7. The molecule has 6 heteroatoms. The number of hydrogen-bond donors (Lipinski definition) is 3. The number of halogens is 1. The van der Waals surface area contributed by atoms with E-state index in [9.17, 15) is 4.79 Å². The number of aromatic amines is 1. The molecule has 96 valence electrons. The molecule has 18 heavy (non-hydrogen) atoms. The van der Waals surface area contributed by atoms with Crippen LogP contribution in [0.25, 0.3) is 11.3 Å². The molecule has 0 saturated carbocycles. The first-order chi connectivity index (χ1) is 8.16. The number of H-pyrrole nitrogens is 1. The number of aliphatic carboxylic acids is 1. The summed E-state index contributed by atoms with van der Waals surface area (Å²) in [5.41, 5.74) is 8.16. The van der Waals surface area contributed by atoms with Crippen molar-refractivity contribution in [3.63, 3.8) is 0 Å².